The summed E-state index contributed by atoms with van der Waals surface area (Å²) in [6, 6.07) is 6.73. The molecule has 6 nitrogen and oxygen atoms in total. The Kier molecular flexibility index (Phi) is 5.50. The van der Waals surface area contributed by atoms with Gasteiger partial charge in [0.25, 0.3) is 5.91 Å². The summed E-state index contributed by atoms with van der Waals surface area (Å²) in [6.07, 6.45) is -3.75. The lowest BCUT2D eigenvalue weighted by molar-refractivity contribution is -0.137. The van der Waals surface area contributed by atoms with Gasteiger partial charge in [-0.2, -0.15) is 18.3 Å². The summed E-state index contributed by atoms with van der Waals surface area (Å²) >= 11 is 1.22. The van der Waals surface area contributed by atoms with E-state index in [0.717, 1.165) is 17.5 Å². The second kappa shape index (κ2) is 7.99. The van der Waals surface area contributed by atoms with Crippen LogP contribution in [0.4, 0.5) is 13.2 Å². The first-order chi connectivity index (χ1) is 14.6. The lowest BCUT2D eigenvalue weighted by atomic mass is 10.2. The van der Waals surface area contributed by atoms with Gasteiger partial charge in [0.1, 0.15) is 4.83 Å². The molecule has 2 aromatic heterocycles. The van der Waals surface area contributed by atoms with Gasteiger partial charge in [0.2, 0.25) is 5.91 Å². The van der Waals surface area contributed by atoms with E-state index in [1.807, 2.05) is 0 Å². The number of rotatable bonds is 2. The molecule has 1 aromatic carbocycles. The standard InChI is InChI=1S/C21H21F3N4O2S/c1-13-17-12-18(19(30)27-8-4-7-26(9-10-27)14(2)29)31-20(17)28(25-13)16-6-3-5-15(11-16)21(22,23)24/h3,5-6,11-12H,4,7-10H2,1-2H3. The van der Waals surface area contributed by atoms with E-state index in [-0.39, 0.29) is 11.8 Å². The largest absolute Gasteiger partial charge is 0.416 e. The minimum atomic E-state index is -4.45. The molecule has 1 saturated heterocycles. The minimum absolute atomic E-state index is 0.00651. The second-order valence-electron chi connectivity index (χ2n) is 7.53. The third kappa shape index (κ3) is 4.16. The lowest BCUT2D eigenvalue weighted by Gasteiger charge is -2.20. The van der Waals surface area contributed by atoms with E-state index in [2.05, 4.69) is 5.10 Å². The molecule has 0 atom stereocenters. The van der Waals surface area contributed by atoms with Gasteiger partial charge in [-0.05, 0) is 37.6 Å². The fraction of sp³-hybridized carbons (Fsp3) is 0.381. The second-order valence-corrected chi connectivity index (χ2v) is 8.56. The number of fused-ring (bicyclic) bond motifs is 1. The Morgan fingerprint density at radius 2 is 1.77 bits per heavy atom. The first kappa shape index (κ1) is 21.4. The highest BCUT2D eigenvalue weighted by Crippen LogP contribution is 2.34. The van der Waals surface area contributed by atoms with Crippen molar-refractivity contribution >= 4 is 33.4 Å². The zero-order valence-electron chi connectivity index (χ0n) is 17.1. The Morgan fingerprint density at radius 3 is 2.48 bits per heavy atom. The van der Waals surface area contributed by atoms with Crippen molar-refractivity contribution in [3.05, 3.63) is 46.5 Å². The van der Waals surface area contributed by atoms with Gasteiger partial charge in [0.15, 0.2) is 0 Å². The van der Waals surface area contributed by atoms with Crippen LogP contribution in [0.15, 0.2) is 30.3 Å². The number of hydrogen-bond acceptors (Lipinski definition) is 4. The van der Waals surface area contributed by atoms with Crippen molar-refractivity contribution in [1.29, 1.82) is 0 Å². The number of nitrogens with zero attached hydrogens (tertiary/aromatic N) is 4. The molecule has 31 heavy (non-hydrogen) atoms. The summed E-state index contributed by atoms with van der Waals surface area (Å²) in [5, 5.41) is 5.13. The van der Waals surface area contributed by atoms with E-state index < -0.39 is 11.7 Å². The molecular weight excluding hydrogens is 429 g/mol. The molecule has 4 rings (SSSR count). The molecule has 0 N–H and O–H groups in total. The lowest BCUT2D eigenvalue weighted by Crippen LogP contribution is -2.36. The van der Waals surface area contributed by atoms with Crippen molar-refractivity contribution in [2.45, 2.75) is 26.4 Å². The molecule has 2 amide bonds. The third-order valence-electron chi connectivity index (χ3n) is 5.40. The average Bonchev–Trinajstić information content (AvgIpc) is 3.17. The zero-order chi connectivity index (χ0) is 22.3. The molecule has 164 valence electrons. The first-order valence-electron chi connectivity index (χ1n) is 9.87. The Balaban J connectivity index is 1.65. The third-order valence-corrected chi connectivity index (χ3v) is 6.50. The van der Waals surface area contributed by atoms with Crippen LogP contribution in [0, 0.1) is 6.92 Å². The summed E-state index contributed by atoms with van der Waals surface area (Å²) in [5.41, 5.74) is 0.181. The molecule has 0 bridgehead atoms. The number of amides is 2. The Bertz CT molecular complexity index is 1150. The van der Waals surface area contributed by atoms with E-state index in [1.165, 1.54) is 29.0 Å². The van der Waals surface area contributed by atoms with Crippen molar-refractivity contribution in [3.63, 3.8) is 0 Å². The number of carbonyl (C=O) groups is 2. The van der Waals surface area contributed by atoms with Crippen LogP contribution < -0.4 is 0 Å². The molecule has 0 aliphatic carbocycles. The van der Waals surface area contributed by atoms with Crippen LogP contribution in [0.25, 0.3) is 15.9 Å². The van der Waals surface area contributed by atoms with Gasteiger partial charge in [-0.1, -0.05) is 6.07 Å². The fourth-order valence-corrected chi connectivity index (χ4v) is 4.88. The molecular formula is C21H21F3N4O2S. The highest BCUT2D eigenvalue weighted by atomic mass is 32.1. The highest BCUT2D eigenvalue weighted by Gasteiger charge is 2.31. The maximum Gasteiger partial charge on any atom is 0.416 e. The molecule has 1 fully saturated rings. The van der Waals surface area contributed by atoms with Crippen LogP contribution >= 0.6 is 11.3 Å². The number of benzene rings is 1. The van der Waals surface area contributed by atoms with Crippen LogP contribution in [-0.2, 0) is 11.0 Å². The van der Waals surface area contributed by atoms with E-state index in [4.69, 9.17) is 0 Å². The van der Waals surface area contributed by atoms with Gasteiger partial charge in [-0.3, -0.25) is 9.59 Å². The summed E-state index contributed by atoms with van der Waals surface area (Å²) in [5.74, 6) is -0.144. The molecule has 3 aromatic rings. The smallest absolute Gasteiger partial charge is 0.341 e. The monoisotopic (exact) mass is 450 g/mol. The van der Waals surface area contributed by atoms with E-state index in [1.54, 1.807) is 28.9 Å². The number of thiophene rings is 1. The van der Waals surface area contributed by atoms with Crippen molar-refractivity contribution in [2.75, 3.05) is 26.2 Å². The number of halogens is 3. The maximum absolute atomic E-state index is 13.1. The van der Waals surface area contributed by atoms with Gasteiger partial charge in [0, 0.05) is 38.5 Å². The van der Waals surface area contributed by atoms with Crippen LogP contribution in [0.5, 0.6) is 0 Å². The molecule has 0 unspecified atom stereocenters. The number of hydrogen-bond donors (Lipinski definition) is 0. The maximum atomic E-state index is 13.1. The van der Waals surface area contributed by atoms with Gasteiger partial charge < -0.3 is 9.80 Å². The normalized spacial score (nSPS) is 15.4. The van der Waals surface area contributed by atoms with Crippen LogP contribution in [0.3, 0.4) is 0 Å². The van der Waals surface area contributed by atoms with Crippen LogP contribution in [0.2, 0.25) is 0 Å². The van der Waals surface area contributed by atoms with Gasteiger partial charge in [0.05, 0.1) is 21.8 Å². The molecule has 0 spiro atoms. The summed E-state index contributed by atoms with van der Waals surface area (Å²) in [6.45, 7) is 5.40. The molecule has 0 saturated carbocycles. The summed E-state index contributed by atoms with van der Waals surface area (Å²) in [4.78, 5) is 29.3. The van der Waals surface area contributed by atoms with Crippen molar-refractivity contribution < 1.29 is 22.8 Å². The summed E-state index contributed by atoms with van der Waals surface area (Å²) < 4.78 is 40.8. The Hall–Kier alpha value is -2.88. The predicted molar refractivity (Wildman–Crippen MR) is 111 cm³/mol. The number of carbonyl (C=O) groups excluding carboxylic acids is 2. The van der Waals surface area contributed by atoms with Gasteiger partial charge in [-0.15, -0.1) is 11.3 Å². The highest BCUT2D eigenvalue weighted by molar-refractivity contribution is 7.20. The quantitative estimate of drug-likeness (QED) is 0.591. The van der Waals surface area contributed by atoms with E-state index >= 15 is 0 Å². The molecule has 0 radical (unpaired) electrons. The SMILES string of the molecule is CC(=O)N1CCCN(C(=O)c2cc3c(C)nn(-c4cccc(C(F)(F)F)c4)c3s2)CC1. The van der Waals surface area contributed by atoms with Gasteiger partial charge in [-0.25, -0.2) is 4.68 Å². The van der Waals surface area contributed by atoms with Gasteiger partial charge >= 0.3 is 6.18 Å². The Morgan fingerprint density at radius 1 is 1.06 bits per heavy atom. The molecule has 10 heteroatoms. The number of aryl methyl sites for hydroxylation is 1. The fourth-order valence-electron chi connectivity index (χ4n) is 3.73. The van der Waals surface area contributed by atoms with Crippen molar-refractivity contribution in [3.8, 4) is 5.69 Å². The van der Waals surface area contributed by atoms with Crippen LogP contribution in [0.1, 0.15) is 34.3 Å². The van der Waals surface area contributed by atoms with Crippen LogP contribution in [-0.4, -0.2) is 57.6 Å². The summed E-state index contributed by atoms with van der Waals surface area (Å²) in [7, 11) is 0. The first-order valence-corrected chi connectivity index (χ1v) is 10.7. The molecule has 1 aliphatic heterocycles. The average molecular weight is 450 g/mol. The van der Waals surface area contributed by atoms with Crippen molar-refractivity contribution in [2.24, 2.45) is 0 Å². The predicted octanol–water partition coefficient (Wildman–Crippen LogP) is 4.11. The topological polar surface area (TPSA) is 58.4 Å². The molecule has 1 aliphatic rings. The zero-order valence-corrected chi connectivity index (χ0v) is 17.9. The van der Waals surface area contributed by atoms with Crippen molar-refractivity contribution in [1.82, 2.24) is 19.6 Å². The number of aromatic nitrogens is 2. The number of alkyl halides is 3. The Labute approximate surface area is 180 Å². The molecule has 3 heterocycles. The minimum Gasteiger partial charge on any atom is -0.341 e. The van der Waals surface area contributed by atoms with E-state index in [9.17, 15) is 22.8 Å². The van der Waals surface area contributed by atoms with E-state index in [0.29, 0.717) is 53.7 Å².